The lowest BCUT2D eigenvalue weighted by Crippen LogP contribution is -2.13. The predicted octanol–water partition coefficient (Wildman–Crippen LogP) is 2.29. The summed E-state index contributed by atoms with van der Waals surface area (Å²) in [6, 6.07) is 4.04. The SMILES string of the molecule is CCC(=O)Nc1ccc([N+](=O)[O-])c(NC(=O)CC)c1. The summed E-state index contributed by atoms with van der Waals surface area (Å²) >= 11 is 0. The molecule has 0 aliphatic heterocycles. The van der Waals surface area contributed by atoms with E-state index in [-0.39, 0.29) is 29.6 Å². The van der Waals surface area contributed by atoms with Gasteiger partial charge in [0.15, 0.2) is 0 Å². The van der Waals surface area contributed by atoms with Crippen molar-refractivity contribution in [3.8, 4) is 0 Å². The maximum absolute atomic E-state index is 11.3. The van der Waals surface area contributed by atoms with Crippen LogP contribution in [0.5, 0.6) is 0 Å². The molecule has 0 radical (unpaired) electrons. The number of carbonyl (C=O) groups excluding carboxylic acids is 2. The van der Waals surface area contributed by atoms with E-state index in [2.05, 4.69) is 10.6 Å². The van der Waals surface area contributed by atoms with Crippen molar-refractivity contribution in [2.75, 3.05) is 10.6 Å². The molecule has 0 aromatic heterocycles. The quantitative estimate of drug-likeness (QED) is 0.629. The molecule has 19 heavy (non-hydrogen) atoms. The summed E-state index contributed by atoms with van der Waals surface area (Å²) in [4.78, 5) is 32.8. The number of nitrogens with one attached hydrogen (secondary N) is 2. The minimum absolute atomic E-state index is 0.0748. The molecule has 0 saturated carbocycles. The number of rotatable bonds is 5. The zero-order valence-electron chi connectivity index (χ0n) is 10.7. The molecule has 0 bridgehead atoms. The van der Waals surface area contributed by atoms with Gasteiger partial charge in [-0.2, -0.15) is 0 Å². The maximum atomic E-state index is 11.3. The molecule has 1 aromatic carbocycles. The molecule has 0 unspecified atom stereocenters. The first-order chi connectivity index (χ1) is 8.97. The van der Waals surface area contributed by atoms with E-state index in [1.165, 1.54) is 18.2 Å². The third-order valence-electron chi connectivity index (χ3n) is 2.39. The van der Waals surface area contributed by atoms with Gasteiger partial charge in [0.1, 0.15) is 5.69 Å². The van der Waals surface area contributed by atoms with Crippen LogP contribution in [-0.2, 0) is 9.59 Å². The average Bonchev–Trinajstić information content (AvgIpc) is 2.38. The fraction of sp³-hybridized carbons (Fsp3) is 0.333. The fourth-order valence-electron chi connectivity index (χ4n) is 1.36. The maximum Gasteiger partial charge on any atom is 0.292 e. The Morgan fingerprint density at radius 3 is 2.26 bits per heavy atom. The van der Waals surface area contributed by atoms with Crippen molar-refractivity contribution < 1.29 is 14.5 Å². The van der Waals surface area contributed by atoms with Crippen LogP contribution in [0.2, 0.25) is 0 Å². The lowest BCUT2D eigenvalue weighted by molar-refractivity contribution is -0.383. The molecule has 1 aromatic rings. The van der Waals surface area contributed by atoms with E-state index in [1.807, 2.05) is 0 Å². The van der Waals surface area contributed by atoms with Crippen LogP contribution >= 0.6 is 0 Å². The van der Waals surface area contributed by atoms with Crippen molar-refractivity contribution in [2.24, 2.45) is 0 Å². The zero-order chi connectivity index (χ0) is 14.4. The summed E-state index contributed by atoms with van der Waals surface area (Å²) in [6.45, 7) is 3.34. The Morgan fingerprint density at radius 1 is 1.16 bits per heavy atom. The van der Waals surface area contributed by atoms with Crippen LogP contribution in [-0.4, -0.2) is 16.7 Å². The van der Waals surface area contributed by atoms with Gasteiger partial charge >= 0.3 is 0 Å². The number of hydrogen-bond acceptors (Lipinski definition) is 4. The second-order valence-corrected chi connectivity index (χ2v) is 3.79. The number of carbonyl (C=O) groups is 2. The van der Waals surface area contributed by atoms with E-state index in [0.29, 0.717) is 12.1 Å². The van der Waals surface area contributed by atoms with Crippen LogP contribution in [0.4, 0.5) is 17.1 Å². The first-order valence-electron chi connectivity index (χ1n) is 5.86. The highest BCUT2D eigenvalue weighted by molar-refractivity contribution is 5.96. The summed E-state index contributed by atoms with van der Waals surface area (Å²) in [5.74, 6) is -0.538. The van der Waals surface area contributed by atoms with Gasteiger partial charge in [-0.15, -0.1) is 0 Å². The number of benzene rings is 1. The second kappa shape index (κ2) is 6.48. The van der Waals surface area contributed by atoms with E-state index in [0.717, 1.165) is 0 Å². The minimum atomic E-state index is -0.587. The number of hydrogen-bond donors (Lipinski definition) is 2. The molecule has 0 aliphatic carbocycles. The molecule has 0 spiro atoms. The molecule has 0 heterocycles. The smallest absolute Gasteiger partial charge is 0.292 e. The lowest BCUT2D eigenvalue weighted by Gasteiger charge is -2.08. The van der Waals surface area contributed by atoms with Crippen molar-refractivity contribution >= 4 is 28.9 Å². The molecule has 0 atom stereocenters. The van der Waals surface area contributed by atoms with Crippen LogP contribution in [0, 0.1) is 10.1 Å². The van der Waals surface area contributed by atoms with Crippen molar-refractivity contribution in [3.05, 3.63) is 28.3 Å². The Labute approximate surface area is 110 Å². The number of nitro benzene ring substituents is 1. The molecule has 102 valence electrons. The van der Waals surface area contributed by atoms with Gasteiger partial charge in [-0.3, -0.25) is 19.7 Å². The summed E-state index contributed by atoms with van der Waals surface area (Å²) in [6.07, 6.45) is 0.510. The third-order valence-corrected chi connectivity index (χ3v) is 2.39. The van der Waals surface area contributed by atoms with Gasteiger partial charge in [0.25, 0.3) is 5.69 Å². The van der Waals surface area contributed by atoms with Crippen LogP contribution in [0.1, 0.15) is 26.7 Å². The normalized spacial score (nSPS) is 9.79. The topological polar surface area (TPSA) is 101 Å². The van der Waals surface area contributed by atoms with E-state index in [4.69, 9.17) is 0 Å². The van der Waals surface area contributed by atoms with Gasteiger partial charge in [0.05, 0.1) is 4.92 Å². The van der Waals surface area contributed by atoms with Crippen LogP contribution < -0.4 is 10.6 Å². The number of anilines is 2. The van der Waals surface area contributed by atoms with Crippen LogP contribution in [0.3, 0.4) is 0 Å². The van der Waals surface area contributed by atoms with Gasteiger partial charge in [0, 0.05) is 24.6 Å². The Morgan fingerprint density at radius 2 is 1.74 bits per heavy atom. The van der Waals surface area contributed by atoms with E-state index >= 15 is 0 Å². The molecule has 1 rings (SSSR count). The lowest BCUT2D eigenvalue weighted by atomic mass is 10.2. The summed E-state index contributed by atoms with van der Waals surface area (Å²) in [5.41, 5.74) is 0.269. The monoisotopic (exact) mass is 265 g/mol. The van der Waals surface area contributed by atoms with Gasteiger partial charge in [-0.25, -0.2) is 0 Å². The number of nitrogens with zero attached hydrogens (tertiary/aromatic N) is 1. The highest BCUT2D eigenvalue weighted by Crippen LogP contribution is 2.28. The second-order valence-electron chi connectivity index (χ2n) is 3.79. The van der Waals surface area contributed by atoms with Gasteiger partial charge in [-0.05, 0) is 12.1 Å². The van der Waals surface area contributed by atoms with Gasteiger partial charge in [0.2, 0.25) is 11.8 Å². The van der Waals surface area contributed by atoms with E-state index < -0.39 is 4.92 Å². The summed E-state index contributed by atoms with van der Waals surface area (Å²) in [5, 5.41) is 15.9. The van der Waals surface area contributed by atoms with E-state index in [9.17, 15) is 19.7 Å². The fourth-order valence-corrected chi connectivity index (χ4v) is 1.36. The summed E-state index contributed by atoms with van der Waals surface area (Å²) in [7, 11) is 0. The molecular formula is C12H15N3O4. The number of amides is 2. The molecule has 0 aliphatic rings. The van der Waals surface area contributed by atoms with E-state index in [1.54, 1.807) is 13.8 Å². The molecule has 2 N–H and O–H groups in total. The van der Waals surface area contributed by atoms with Crippen molar-refractivity contribution in [3.63, 3.8) is 0 Å². The standard InChI is InChI=1S/C12H15N3O4/c1-3-11(16)13-8-5-6-10(15(18)19)9(7-8)14-12(17)4-2/h5-7H,3-4H2,1-2H3,(H,13,16)(H,14,17). The molecule has 0 saturated heterocycles. The number of nitro groups is 1. The first kappa shape index (κ1) is 14.6. The predicted molar refractivity (Wildman–Crippen MR) is 70.9 cm³/mol. The first-order valence-corrected chi connectivity index (χ1v) is 5.86. The Bertz CT molecular complexity index is 514. The Kier molecular flexibility index (Phi) is 4.99. The van der Waals surface area contributed by atoms with Crippen molar-refractivity contribution in [1.82, 2.24) is 0 Å². The summed E-state index contributed by atoms with van der Waals surface area (Å²) < 4.78 is 0. The van der Waals surface area contributed by atoms with Crippen LogP contribution in [0.15, 0.2) is 18.2 Å². The molecule has 0 fully saturated rings. The van der Waals surface area contributed by atoms with Crippen molar-refractivity contribution in [2.45, 2.75) is 26.7 Å². The van der Waals surface area contributed by atoms with Crippen molar-refractivity contribution in [1.29, 1.82) is 0 Å². The van der Waals surface area contributed by atoms with Crippen LogP contribution in [0.25, 0.3) is 0 Å². The highest BCUT2D eigenvalue weighted by Gasteiger charge is 2.16. The molecule has 7 heteroatoms. The largest absolute Gasteiger partial charge is 0.326 e. The Hall–Kier alpha value is -2.44. The molecular weight excluding hydrogens is 250 g/mol. The minimum Gasteiger partial charge on any atom is -0.326 e. The molecule has 7 nitrogen and oxygen atoms in total. The Balaban J connectivity index is 3.07. The molecule has 2 amide bonds. The van der Waals surface area contributed by atoms with Gasteiger partial charge < -0.3 is 10.6 Å². The zero-order valence-corrected chi connectivity index (χ0v) is 10.7. The van der Waals surface area contributed by atoms with Gasteiger partial charge in [-0.1, -0.05) is 13.8 Å². The highest BCUT2D eigenvalue weighted by atomic mass is 16.6. The average molecular weight is 265 g/mol. The third kappa shape index (κ3) is 4.06.